The number of aryl methyl sites for hydroxylation is 3. The number of carbonyl (C=O) groups is 2. The molecule has 2 bridgehead atoms. The van der Waals surface area contributed by atoms with E-state index in [4.69, 9.17) is 21.1 Å². The fourth-order valence-electron chi connectivity index (χ4n) is 6.75. The lowest BCUT2D eigenvalue weighted by atomic mass is 9.70. The molecular weight excluding hydrogens is 674 g/mol. The predicted octanol–water partition coefficient (Wildman–Crippen LogP) is 6.88. The number of fused-ring (bicyclic) bond motifs is 3. The Balaban J connectivity index is 1.41. The third kappa shape index (κ3) is 9.76. The number of carbonyl (C=O) groups excluding carboxylic acids is 2. The normalized spacial score (nSPS) is 23.3. The summed E-state index contributed by atoms with van der Waals surface area (Å²) >= 11 is 6.23. The number of nitrogens with zero attached hydrogens (tertiary/aromatic N) is 4. The molecule has 0 radical (unpaired) electrons. The summed E-state index contributed by atoms with van der Waals surface area (Å²) in [5, 5.41) is 4.85. The monoisotopic (exact) mass is 723 g/mol. The van der Waals surface area contributed by atoms with Gasteiger partial charge in [0.05, 0.1) is 30.6 Å². The average Bonchev–Trinajstić information content (AvgIpc) is 3.48. The molecule has 270 valence electrons. The van der Waals surface area contributed by atoms with Crippen molar-refractivity contribution in [2.75, 3.05) is 37.5 Å². The van der Waals surface area contributed by atoms with E-state index >= 15 is 0 Å². The van der Waals surface area contributed by atoms with E-state index in [-0.39, 0.29) is 18.3 Å². The maximum absolute atomic E-state index is 14.2. The Bertz CT molecular complexity index is 1800. The Hall–Kier alpha value is -3.67. The minimum absolute atomic E-state index is 0.0280. The van der Waals surface area contributed by atoms with Crippen LogP contribution in [0.5, 0.6) is 5.75 Å². The van der Waals surface area contributed by atoms with Crippen molar-refractivity contribution in [2.45, 2.75) is 71.3 Å². The van der Waals surface area contributed by atoms with Gasteiger partial charge in [-0.1, -0.05) is 29.8 Å². The second-order valence-electron chi connectivity index (χ2n) is 13.3. The number of rotatable bonds is 11. The number of benzene rings is 2. The van der Waals surface area contributed by atoms with Crippen LogP contribution < -0.4 is 14.4 Å². The highest BCUT2D eigenvalue weighted by atomic mass is 35.5. The van der Waals surface area contributed by atoms with Gasteiger partial charge in [-0.15, -0.1) is 4.36 Å². The number of halogens is 1. The number of nitrogens with one attached hydrogen (secondary N) is 1. The molecule has 1 fully saturated rings. The summed E-state index contributed by atoms with van der Waals surface area (Å²) < 4.78 is 34.9. The molecule has 2 amide bonds. The van der Waals surface area contributed by atoms with Gasteiger partial charge in [0, 0.05) is 49.7 Å². The van der Waals surface area contributed by atoms with Crippen LogP contribution in [-0.2, 0) is 39.3 Å². The van der Waals surface area contributed by atoms with Crippen LogP contribution in [0.3, 0.4) is 0 Å². The molecule has 10 nitrogen and oxygen atoms in total. The molecule has 0 saturated heterocycles. The van der Waals surface area contributed by atoms with E-state index in [9.17, 15) is 13.8 Å². The maximum Gasteiger partial charge on any atom is 0.286 e. The van der Waals surface area contributed by atoms with Crippen LogP contribution in [0.4, 0.5) is 5.69 Å². The zero-order valence-corrected chi connectivity index (χ0v) is 31.2. The standard InChI is InChI=1S/C38H50ClN5O5S/c1-5-44-26-30-14-17-33(30)35(48-4)12-7-6-10-22-50(47,41-37(45)25-32-19-20-40-43(32)3)42-38(46)29-15-18-36(34(44)24-29)49-21-9-8-11-28-23-31(39)16-13-27(28)2/h7,12-13,15-16,18-20,23-24,30,33,35H,5-6,8-11,14,17,21-22,25-26H2,1-4H3,(H,41,42,45,46,47)/b12-7+/t30-,33+,35-,50?/m0/s1. The number of allylic oxidation sites excluding steroid dienone is 1. The summed E-state index contributed by atoms with van der Waals surface area (Å²) in [7, 11) is 0.0572. The van der Waals surface area contributed by atoms with Crippen LogP contribution in [0, 0.1) is 18.8 Å². The van der Waals surface area contributed by atoms with Crippen molar-refractivity contribution in [1.82, 2.24) is 14.5 Å². The number of hydrogen-bond acceptors (Lipinski definition) is 7. The molecule has 4 atom stereocenters. The van der Waals surface area contributed by atoms with E-state index in [1.54, 1.807) is 43.2 Å². The zero-order valence-electron chi connectivity index (χ0n) is 29.6. The third-order valence-corrected chi connectivity index (χ3v) is 11.9. The Morgan fingerprint density at radius 3 is 2.70 bits per heavy atom. The average molecular weight is 724 g/mol. The number of methoxy groups -OCH3 is 1. The first-order chi connectivity index (χ1) is 24.1. The van der Waals surface area contributed by atoms with E-state index in [1.807, 2.05) is 30.3 Å². The molecular formula is C38H50ClN5O5S. The van der Waals surface area contributed by atoms with Gasteiger partial charge in [0.25, 0.3) is 5.91 Å². The lowest BCUT2D eigenvalue weighted by molar-refractivity contribution is -0.118. The summed E-state index contributed by atoms with van der Waals surface area (Å²) in [5.41, 5.74) is 4.22. The number of ether oxygens (including phenoxy) is 2. The van der Waals surface area contributed by atoms with Crippen molar-refractivity contribution in [3.05, 3.63) is 88.2 Å². The minimum Gasteiger partial charge on any atom is -0.491 e. The van der Waals surface area contributed by atoms with Crippen molar-refractivity contribution >= 4 is 39.0 Å². The number of aromatic nitrogens is 2. The quantitative estimate of drug-likeness (QED) is 0.169. The van der Waals surface area contributed by atoms with Crippen LogP contribution >= 0.6 is 11.6 Å². The summed E-state index contributed by atoms with van der Waals surface area (Å²) in [6.45, 7) is 6.20. The molecule has 2 aliphatic rings. The molecule has 1 saturated carbocycles. The molecule has 1 aliphatic heterocycles. The summed E-state index contributed by atoms with van der Waals surface area (Å²) in [5.74, 6) is 0.389. The van der Waals surface area contributed by atoms with E-state index in [0.717, 1.165) is 49.4 Å². The molecule has 1 unspecified atom stereocenters. The SMILES string of the molecule is CCN1C[C@@H]2CC[C@H]2[C@@H](OC)/C=C/CCCS(=O)(NC(=O)Cc2ccnn2C)=NC(=O)c2ccc(OCCCCc3cc(Cl)ccc3C)c1c2. The molecule has 2 heterocycles. The Morgan fingerprint density at radius 1 is 1.14 bits per heavy atom. The highest BCUT2D eigenvalue weighted by Crippen LogP contribution is 2.41. The lowest BCUT2D eigenvalue weighted by Crippen LogP contribution is -2.43. The first-order valence-electron chi connectivity index (χ1n) is 17.6. The first kappa shape index (κ1) is 37.6. The van der Waals surface area contributed by atoms with Crippen LogP contribution in [0.15, 0.2) is 65.2 Å². The smallest absolute Gasteiger partial charge is 0.286 e. The Labute approximate surface area is 301 Å². The topological polar surface area (TPSA) is 115 Å². The molecule has 1 aliphatic carbocycles. The highest BCUT2D eigenvalue weighted by molar-refractivity contribution is 7.92. The summed E-state index contributed by atoms with van der Waals surface area (Å²) in [6.07, 6.45) is 11.7. The largest absolute Gasteiger partial charge is 0.491 e. The van der Waals surface area contributed by atoms with Gasteiger partial charge in [-0.05, 0) is 118 Å². The van der Waals surface area contributed by atoms with E-state index in [0.29, 0.717) is 54.8 Å². The number of amides is 2. The van der Waals surface area contributed by atoms with Gasteiger partial charge in [0.2, 0.25) is 5.91 Å². The molecule has 1 aromatic heterocycles. The van der Waals surface area contributed by atoms with Crippen LogP contribution in [-0.4, -0.2) is 64.5 Å². The van der Waals surface area contributed by atoms with Crippen molar-refractivity contribution in [1.29, 1.82) is 0 Å². The molecule has 0 spiro atoms. The van der Waals surface area contributed by atoms with E-state index < -0.39 is 21.7 Å². The van der Waals surface area contributed by atoms with Crippen molar-refractivity contribution < 1.29 is 23.3 Å². The second kappa shape index (κ2) is 17.5. The number of hydrogen-bond donors (Lipinski definition) is 1. The second-order valence-corrected chi connectivity index (χ2v) is 15.8. The molecule has 2 aromatic carbocycles. The van der Waals surface area contributed by atoms with Gasteiger partial charge in [-0.3, -0.25) is 19.0 Å². The van der Waals surface area contributed by atoms with Crippen molar-refractivity contribution in [3.8, 4) is 5.75 Å². The van der Waals surface area contributed by atoms with Gasteiger partial charge >= 0.3 is 0 Å². The van der Waals surface area contributed by atoms with Crippen LogP contribution in [0.1, 0.15) is 72.6 Å². The van der Waals surface area contributed by atoms with Crippen molar-refractivity contribution in [2.24, 2.45) is 23.2 Å². The fraction of sp³-hybridized carbons (Fsp3) is 0.500. The molecule has 3 aromatic rings. The fourth-order valence-corrected chi connectivity index (χ4v) is 8.54. The highest BCUT2D eigenvalue weighted by Gasteiger charge is 2.37. The van der Waals surface area contributed by atoms with E-state index in [2.05, 4.69) is 39.0 Å². The Morgan fingerprint density at radius 2 is 1.98 bits per heavy atom. The summed E-state index contributed by atoms with van der Waals surface area (Å²) in [4.78, 5) is 29.0. The van der Waals surface area contributed by atoms with E-state index in [1.165, 1.54) is 11.1 Å². The predicted molar refractivity (Wildman–Crippen MR) is 199 cm³/mol. The molecule has 1 N–H and O–H groups in total. The van der Waals surface area contributed by atoms with Crippen LogP contribution in [0.25, 0.3) is 0 Å². The van der Waals surface area contributed by atoms with Gasteiger partial charge in [0.1, 0.15) is 15.7 Å². The molecule has 5 rings (SSSR count). The Kier molecular flexibility index (Phi) is 13.2. The molecule has 50 heavy (non-hydrogen) atoms. The third-order valence-electron chi connectivity index (χ3n) is 9.85. The van der Waals surface area contributed by atoms with Gasteiger partial charge in [-0.25, -0.2) is 4.21 Å². The minimum atomic E-state index is -3.43. The summed E-state index contributed by atoms with van der Waals surface area (Å²) in [6, 6.07) is 13.0. The van der Waals surface area contributed by atoms with Crippen LogP contribution in [0.2, 0.25) is 5.02 Å². The number of anilines is 1. The van der Waals surface area contributed by atoms with Gasteiger partial charge in [0.15, 0.2) is 0 Å². The van der Waals surface area contributed by atoms with Gasteiger partial charge < -0.3 is 14.4 Å². The first-order valence-corrected chi connectivity index (χ1v) is 19.7. The lowest BCUT2D eigenvalue weighted by Gasteiger charge is -2.43. The zero-order chi connectivity index (χ0) is 35.7. The van der Waals surface area contributed by atoms with Gasteiger partial charge in [-0.2, -0.15) is 5.10 Å². The van der Waals surface area contributed by atoms with Crippen molar-refractivity contribution in [3.63, 3.8) is 0 Å². The molecule has 12 heteroatoms. The number of unbranched alkanes of at least 4 members (excludes halogenated alkanes) is 1. The maximum atomic E-state index is 14.2.